The maximum absolute atomic E-state index is 13.0. The zero-order chi connectivity index (χ0) is 24.8. The molecule has 0 aliphatic carbocycles. The van der Waals surface area contributed by atoms with Crippen LogP contribution in [0.2, 0.25) is 0 Å². The van der Waals surface area contributed by atoms with Crippen molar-refractivity contribution in [3.05, 3.63) is 77.7 Å². The van der Waals surface area contributed by atoms with Crippen LogP contribution < -0.4 is 10.6 Å². The lowest BCUT2D eigenvalue weighted by atomic mass is 9.99. The Bertz CT molecular complexity index is 1310. The Hall–Kier alpha value is -3.89. The highest BCUT2D eigenvalue weighted by molar-refractivity contribution is 6.06. The lowest BCUT2D eigenvalue weighted by Gasteiger charge is -2.13. The largest absolute Gasteiger partial charge is 0.394 e. The van der Waals surface area contributed by atoms with E-state index in [9.17, 15) is 13.6 Å². The van der Waals surface area contributed by atoms with Crippen LogP contribution in [0, 0.1) is 0 Å². The molecule has 0 fully saturated rings. The van der Waals surface area contributed by atoms with E-state index in [-0.39, 0.29) is 18.1 Å². The number of halogens is 2. The van der Waals surface area contributed by atoms with Gasteiger partial charge in [-0.15, -0.1) is 0 Å². The first kappa shape index (κ1) is 24.2. The van der Waals surface area contributed by atoms with E-state index in [0.29, 0.717) is 42.5 Å². The number of aromatic nitrogens is 3. The number of amides is 1. The van der Waals surface area contributed by atoms with E-state index >= 15 is 0 Å². The number of aliphatic hydroxyl groups excluding tert-OH is 1. The Balaban J connectivity index is 0.000000431. The maximum atomic E-state index is 13.0. The lowest BCUT2D eigenvalue weighted by molar-refractivity contribution is 0.0966. The zero-order valence-corrected chi connectivity index (χ0v) is 19.0. The topological polar surface area (TPSA) is 101 Å². The van der Waals surface area contributed by atoms with Gasteiger partial charge < -0.3 is 20.5 Å². The second-order valence-corrected chi connectivity index (χ2v) is 7.59. The van der Waals surface area contributed by atoms with Crippen molar-refractivity contribution in [1.29, 1.82) is 0 Å². The van der Waals surface area contributed by atoms with E-state index in [1.807, 2.05) is 37.3 Å². The Morgan fingerprint density at radius 2 is 2.09 bits per heavy atom. The molecule has 1 aliphatic heterocycles. The fourth-order valence-electron chi connectivity index (χ4n) is 3.81. The molecule has 1 aliphatic rings. The predicted octanol–water partition coefficient (Wildman–Crippen LogP) is 4.34. The molecule has 10 heteroatoms. The predicted molar refractivity (Wildman–Crippen MR) is 128 cm³/mol. The molecule has 0 saturated carbocycles. The Labute approximate surface area is 200 Å². The number of fused-ring (bicyclic) bond motifs is 2. The smallest absolute Gasteiger partial charge is 0.264 e. The van der Waals surface area contributed by atoms with Gasteiger partial charge in [0, 0.05) is 36.7 Å². The standard InChI is InChI=1S/C21H15F2N5O.C4H10O2/c22-20(23)12-6-8-28-16(11-25-18(28)9-12)13-4-5-15(19-14(13)10-26-21(19)29)27-17-3-1-2-7-24-17;1-2-6-4-3-5/h1-9,11,20H,10H2,(H,24,27)(H,26,29);5H,2-4H2,1H3. The molecule has 182 valence electrons. The van der Waals surface area contributed by atoms with E-state index in [2.05, 4.69) is 20.6 Å². The summed E-state index contributed by atoms with van der Waals surface area (Å²) in [4.78, 5) is 21.0. The highest BCUT2D eigenvalue weighted by atomic mass is 19.3. The summed E-state index contributed by atoms with van der Waals surface area (Å²) in [5.74, 6) is 0.463. The summed E-state index contributed by atoms with van der Waals surface area (Å²) in [6.45, 7) is 3.57. The lowest BCUT2D eigenvalue weighted by Crippen LogP contribution is -2.13. The van der Waals surface area contributed by atoms with Crippen molar-refractivity contribution in [3.8, 4) is 11.3 Å². The fraction of sp³-hybridized carbons (Fsp3) is 0.240. The van der Waals surface area contributed by atoms with E-state index in [4.69, 9.17) is 9.84 Å². The van der Waals surface area contributed by atoms with Crippen LogP contribution in [0.15, 0.2) is 61.1 Å². The summed E-state index contributed by atoms with van der Waals surface area (Å²) >= 11 is 0. The number of rotatable bonds is 7. The van der Waals surface area contributed by atoms with E-state index < -0.39 is 6.43 Å². The van der Waals surface area contributed by atoms with Crippen molar-refractivity contribution in [1.82, 2.24) is 19.7 Å². The van der Waals surface area contributed by atoms with Gasteiger partial charge in [0.15, 0.2) is 0 Å². The number of imidazole rings is 1. The molecule has 4 aromatic rings. The Morgan fingerprint density at radius 1 is 1.23 bits per heavy atom. The van der Waals surface area contributed by atoms with E-state index in [1.54, 1.807) is 23.0 Å². The maximum Gasteiger partial charge on any atom is 0.264 e. The number of carbonyl (C=O) groups is 1. The molecular weight excluding hydrogens is 456 g/mol. The first-order chi connectivity index (χ1) is 17.0. The summed E-state index contributed by atoms with van der Waals surface area (Å²) in [5.41, 5.74) is 3.94. The minimum atomic E-state index is -2.55. The van der Waals surface area contributed by atoms with Gasteiger partial charge in [-0.05, 0) is 42.8 Å². The molecule has 0 saturated heterocycles. The molecule has 0 radical (unpaired) electrons. The van der Waals surface area contributed by atoms with E-state index in [1.165, 1.54) is 12.1 Å². The number of nitrogens with zero attached hydrogens (tertiary/aromatic N) is 3. The molecule has 1 amide bonds. The number of carbonyl (C=O) groups excluding carboxylic acids is 1. The number of alkyl halides is 2. The van der Waals surface area contributed by atoms with Crippen LogP contribution in [0.3, 0.4) is 0 Å². The van der Waals surface area contributed by atoms with Crippen LogP contribution in [0.1, 0.15) is 34.8 Å². The number of benzene rings is 1. The van der Waals surface area contributed by atoms with Gasteiger partial charge in [0.2, 0.25) is 0 Å². The zero-order valence-electron chi connectivity index (χ0n) is 19.0. The molecule has 35 heavy (non-hydrogen) atoms. The van der Waals surface area contributed by atoms with Gasteiger partial charge in [-0.2, -0.15) is 0 Å². The average Bonchev–Trinajstić information content (AvgIpc) is 3.48. The molecule has 1 aromatic carbocycles. The van der Waals surface area contributed by atoms with Crippen molar-refractivity contribution in [2.45, 2.75) is 19.9 Å². The quantitative estimate of drug-likeness (QED) is 0.340. The van der Waals surface area contributed by atoms with Gasteiger partial charge in [-0.1, -0.05) is 12.1 Å². The molecule has 3 aromatic heterocycles. The normalized spacial score (nSPS) is 12.3. The second kappa shape index (κ2) is 11.0. The SMILES string of the molecule is CCOCCO.O=C1NCc2c(-c3cnc4cc(C(F)F)ccn34)ccc(Nc3ccccn3)c21. The number of aliphatic hydroxyl groups is 1. The number of pyridine rings is 2. The third kappa shape index (κ3) is 5.28. The number of hydrogen-bond donors (Lipinski definition) is 3. The average molecular weight is 482 g/mol. The van der Waals surface area contributed by atoms with Crippen LogP contribution in [0.4, 0.5) is 20.3 Å². The van der Waals surface area contributed by atoms with Gasteiger partial charge in [0.1, 0.15) is 11.5 Å². The second-order valence-electron chi connectivity index (χ2n) is 7.59. The highest BCUT2D eigenvalue weighted by Gasteiger charge is 2.27. The third-order valence-electron chi connectivity index (χ3n) is 5.40. The van der Waals surface area contributed by atoms with Crippen LogP contribution in [0.25, 0.3) is 16.9 Å². The Morgan fingerprint density at radius 3 is 2.77 bits per heavy atom. The van der Waals surface area contributed by atoms with Gasteiger partial charge in [0.05, 0.1) is 36.4 Å². The molecule has 0 atom stereocenters. The van der Waals surface area contributed by atoms with E-state index in [0.717, 1.165) is 16.8 Å². The number of nitrogens with one attached hydrogen (secondary N) is 2. The highest BCUT2D eigenvalue weighted by Crippen LogP contribution is 2.35. The molecule has 4 heterocycles. The minimum absolute atomic E-state index is 0.0772. The van der Waals surface area contributed by atoms with Gasteiger partial charge in [-0.25, -0.2) is 18.7 Å². The molecule has 8 nitrogen and oxygen atoms in total. The molecule has 0 bridgehead atoms. The van der Waals surface area contributed by atoms with Gasteiger partial charge in [-0.3, -0.25) is 9.20 Å². The molecule has 0 spiro atoms. The van der Waals surface area contributed by atoms with Crippen LogP contribution in [0.5, 0.6) is 0 Å². The van der Waals surface area contributed by atoms with Crippen LogP contribution >= 0.6 is 0 Å². The van der Waals surface area contributed by atoms with Gasteiger partial charge >= 0.3 is 0 Å². The van der Waals surface area contributed by atoms with Crippen LogP contribution in [-0.4, -0.2) is 45.2 Å². The molecular formula is C25H25F2N5O3. The summed E-state index contributed by atoms with van der Waals surface area (Å²) in [5, 5.41) is 14.1. The van der Waals surface area contributed by atoms with Crippen molar-refractivity contribution >= 4 is 23.1 Å². The number of ether oxygens (including phenoxy) is 1. The number of anilines is 2. The van der Waals surface area contributed by atoms with Crippen molar-refractivity contribution in [2.24, 2.45) is 0 Å². The van der Waals surface area contributed by atoms with Gasteiger partial charge in [0.25, 0.3) is 12.3 Å². The summed E-state index contributed by atoms with van der Waals surface area (Å²) in [7, 11) is 0. The molecule has 5 rings (SSSR count). The summed E-state index contributed by atoms with van der Waals surface area (Å²) < 4.78 is 32.4. The summed E-state index contributed by atoms with van der Waals surface area (Å²) in [6, 6.07) is 12.0. The first-order valence-electron chi connectivity index (χ1n) is 11.1. The van der Waals surface area contributed by atoms with Crippen molar-refractivity contribution in [3.63, 3.8) is 0 Å². The summed E-state index contributed by atoms with van der Waals surface area (Å²) in [6.07, 6.45) is 2.33. The first-order valence-corrected chi connectivity index (χ1v) is 11.1. The van der Waals surface area contributed by atoms with Crippen LogP contribution in [-0.2, 0) is 11.3 Å². The molecule has 0 unspecified atom stereocenters. The Kier molecular flexibility index (Phi) is 7.64. The number of hydrogen-bond acceptors (Lipinski definition) is 6. The minimum Gasteiger partial charge on any atom is -0.394 e. The molecule has 3 N–H and O–H groups in total. The third-order valence-corrected chi connectivity index (χ3v) is 5.40. The monoisotopic (exact) mass is 481 g/mol. The fourth-order valence-corrected chi connectivity index (χ4v) is 3.81. The van der Waals surface area contributed by atoms with Crippen molar-refractivity contribution < 1.29 is 23.4 Å². The van der Waals surface area contributed by atoms with Crippen molar-refractivity contribution in [2.75, 3.05) is 25.1 Å².